The Morgan fingerprint density at radius 3 is 2.59 bits per heavy atom. The van der Waals surface area contributed by atoms with Crippen LogP contribution in [-0.4, -0.2) is 58.1 Å². The van der Waals surface area contributed by atoms with Gasteiger partial charge < -0.3 is 26.2 Å². The molecule has 37 heavy (non-hydrogen) atoms. The molecule has 0 spiro atoms. The summed E-state index contributed by atoms with van der Waals surface area (Å²) in [5, 5.41) is 19.8. The highest BCUT2D eigenvalue weighted by molar-refractivity contribution is 6.34. The maximum absolute atomic E-state index is 13.3. The van der Waals surface area contributed by atoms with Crippen LogP contribution >= 0.6 is 11.6 Å². The van der Waals surface area contributed by atoms with Gasteiger partial charge in [-0.15, -0.1) is 0 Å². The van der Waals surface area contributed by atoms with E-state index in [0.29, 0.717) is 22.8 Å². The maximum Gasteiger partial charge on any atom is 0.271 e. The molecule has 0 radical (unpaired) electrons. The fraction of sp³-hybridized carbons (Fsp3) is 0.154. The first-order valence-electron chi connectivity index (χ1n) is 11.3. The Labute approximate surface area is 218 Å². The summed E-state index contributed by atoms with van der Waals surface area (Å²) in [6, 6.07) is 20.7. The Morgan fingerprint density at radius 1 is 1.08 bits per heavy atom. The van der Waals surface area contributed by atoms with E-state index in [9.17, 15) is 14.7 Å². The van der Waals surface area contributed by atoms with Gasteiger partial charge in [0.1, 0.15) is 11.6 Å². The number of nitrogens with one attached hydrogen (secondary N) is 2. The monoisotopic (exact) mass is 520 g/mol. The molecule has 2 aromatic carbocycles. The van der Waals surface area contributed by atoms with Gasteiger partial charge in [-0.1, -0.05) is 41.9 Å². The third-order valence-electron chi connectivity index (χ3n) is 5.32. The van der Waals surface area contributed by atoms with E-state index in [1.165, 1.54) is 17.9 Å². The quantitative estimate of drug-likeness (QED) is 0.265. The minimum atomic E-state index is -0.867. The van der Waals surface area contributed by atoms with Crippen molar-refractivity contribution in [3.63, 3.8) is 0 Å². The summed E-state index contributed by atoms with van der Waals surface area (Å²) in [6.07, 6.45) is -0.867. The standard InChI is InChI=1S/C26H25ClN6O4/c1-37-15-18(34)14-29-26(36)22-13-24(33(32-22)17-6-3-2-4-7-17)31-25(35)19-12-16(10-11-20(19)27)21-8-5-9-23(28)30-21/h2-13,18,34H,14-15H2,1H3,(H2,28,30)(H,29,36)(H,31,35). The highest BCUT2D eigenvalue weighted by Gasteiger charge is 2.20. The number of nitrogens with two attached hydrogens (primary N) is 1. The number of para-hydroxylation sites is 1. The molecule has 0 bridgehead atoms. The summed E-state index contributed by atoms with van der Waals surface area (Å²) in [4.78, 5) is 30.3. The van der Waals surface area contributed by atoms with Crippen molar-refractivity contribution in [1.29, 1.82) is 0 Å². The summed E-state index contributed by atoms with van der Waals surface area (Å²) < 4.78 is 6.31. The average molecular weight is 521 g/mol. The lowest BCUT2D eigenvalue weighted by Gasteiger charge is -2.11. The Bertz CT molecular complexity index is 1410. The SMILES string of the molecule is COCC(O)CNC(=O)c1cc(NC(=O)c2cc(-c3cccc(N)n3)ccc2Cl)n(-c2ccccc2)n1. The van der Waals surface area contributed by atoms with E-state index in [1.807, 2.05) is 18.2 Å². The predicted octanol–water partition coefficient (Wildman–Crippen LogP) is 3.16. The molecule has 1 unspecified atom stereocenters. The molecule has 0 aliphatic rings. The van der Waals surface area contributed by atoms with Crippen LogP contribution in [0.3, 0.4) is 0 Å². The van der Waals surface area contributed by atoms with Crippen molar-refractivity contribution in [2.75, 3.05) is 31.3 Å². The van der Waals surface area contributed by atoms with E-state index in [-0.39, 0.29) is 35.2 Å². The highest BCUT2D eigenvalue weighted by Crippen LogP contribution is 2.26. The Kier molecular flexibility index (Phi) is 8.14. The molecule has 0 saturated carbocycles. The normalized spacial score (nSPS) is 11.6. The van der Waals surface area contributed by atoms with Crippen LogP contribution in [-0.2, 0) is 4.74 Å². The molecule has 0 aliphatic carbocycles. The third kappa shape index (κ3) is 6.31. The molecule has 2 aromatic heterocycles. The number of rotatable bonds is 9. The average Bonchev–Trinajstić information content (AvgIpc) is 3.32. The lowest BCUT2D eigenvalue weighted by Crippen LogP contribution is -2.34. The molecule has 10 nitrogen and oxygen atoms in total. The van der Waals surface area contributed by atoms with Gasteiger partial charge in [0, 0.05) is 25.3 Å². The first-order chi connectivity index (χ1) is 17.9. The number of carbonyl (C=O) groups excluding carboxylic acids is 2. The number of pyridine rings is 1. The van der Waals surface area contributed by atoms with Gasteiger partial charge >= 0.3 is 0 Å². The Balaban J connectivity index is 1.63. The number of benzene rings is 2. The van der Waals surface area contributed by atoms with E-state index in [1.54, 1.807) is 48.5 Å². The summed E-state index contributed by atoms with van der Waals surface area (Å²) in [5.74, 6) is -0.420. The van der Waals surface area contributed by atoms with E-state index < -0.39 is 17.9 Å². The number of aliphatic hydroxyl groups excluding tert-OH is 1. The van der Waals surface area contributed by atoms with Crippen LogP contribution in [0.1, 0.15) is 20.8 Å². The number of hydrogen-bond acceptors (Lipinski definition) is 7. The Morgan fingerprint density at radius 2 is 1.86 bits per heavy atom. The van der Waals surface area contributed by atoms with Crippen LogP contribution in [0, 0.1) is 0 Å². The second kappa shape index (κ2) is 11.7. The number of ether oxygens (including phenoxy) is 1. The molecule has 2 amide bonds. The van der Waals surface area contributed by atoms with Crippen molar-refractivity contribution in [3.8, 4) is 16.9 Å². The molecule has 0 saturated heterocycles. The second-order valence-electron chi connectivity index (χ2n) is 8.08. The van der Waals surface area contributed by atoms with E-state index in [0.717, 1.165) is 0 Å². The van der Waals surface area contributed by atoms with Crippen LogP contribution in [0.2, 0.25) is 5.02 Å². The molecule has 0 aliphatic heterocycles. The molecule has 4 rings (SSSR count). The number of nitrogen functional groups attached to an aromatic ring is 1. The van der Waals surface area contributed by atoms with Gasteiger partial charge in [-0.3, -0.25) is 9.59 Å². The summed E-state index contributed by atoms with van der Waals surface area (Å²) in [5.41, 5.74) is 7.93. The Hall–Kier alpha value is -4.25. The number of anilines is 2. The van der Waals surface area contributed by atoms with E-state index in [2.05, 4.69) is 20.7 Å². The lowest BCUT2D eigenvalue weighted by atomic mass is 10.1. The van der Waals surface area contributed by atoms with Gasteiger partial charge in [-0.2, -0.15) is 5.10 Å². The molecule has 190 valence electrons. The van der Waals surface area contributed by atoms with Gasteiger partial charge in [-0.25, -0.2) is 9.67 Å². The van der Waals surface area contributed by atoms with E-state index in [4.69, 9.17) is 22.1 Å². The zero-order chi connectivity index (χ0) is 26.4. The topological polar surface area (TPSA) is 144 Å². The number of aliphatic hydroxyl groups is 1. The zero-order valence-electron chi connectivity index (χ0n) is 19.9. The summed E-state index contributed by atoms with van der Waals surface area (Å²) >= 11 is 6.36. The number of methoxy groups -OCH3 is 1. The molecule has 11 heteroatoms. The van der Waals surface area contributed by atoms with Crippen LogP contribution in [0.15, 0.2) is 72.8 Å². The van der Waals surface area contributed by atoms with Crippen LogP contribution in [0.4, 0.5) is 11.6 Å². The van der Waals surface area contributed by atoms with Crippen molar-refractivity contribution in [3.05, 3.63) is 89.1 Å². The van der Waals surface area contributed by atoms with Crippen molar-refractivity contribution in [1.82, 2.24) is 20.1 Å². The maximum atomic E-state index is 13.3. The number of halogens is 1. The summed E-state index contributed by atoms with van der Waals surface area (Å²) in [6.45, 7) is 0.0535. The molecule has 5 N–H and O–H groups in total. The second-order valence-corrected chi connectivity index (χ2v) is 8.49. The molecular formula is C26H25ClN6O4. The summed E-state index contributed by atoms with van der Waals surface area (Å²) in [7, 11) is 1.45. The first kappa shape index (κ1) is 25.8. The number of nitrogens with zero attached hydrogens (tertiary/aromatic N) is 3. The third-order valence-corrected chi connectivity index (χ3v) is 5.65. The van der Waals surface area contributed by atoms with Crippen molar-refractivity contribution in [2.24, 2.45) is 0 Å². The predicted molar refractivity (Wildman–Crippen MR) is 141 cm³/mol. The van der Waals surface area contributed by atoms with Crippen molar-refractivity contribution >= 4 is 35.1 Å². The molecular weight excluding hydrogens is 496 g/mol. The van der Waals surface area contributed by atoms with Crippen LogP contribution in [0.25, 0.3) is 16.9 Å². The smallest absolute Gasteiger partial charge is 0.271 e. The molecule has 1 atom stereocenters. The van der Waals surface area contributed by atoms with Gasteiger partial charge in [0.2, 0.25) is 0 Å². The van der Waals surface area contributed by atoms with Crippen LogP contribution < -0.4 is 16.4 Å². The molecule has 0 fully saturated rings. The van der Waals surface area contributed by atoms with Gasteiger partial charge in [-0.05, 0) is 36.4 Å². The van der Waals surface area contributed by atoms with Gasteiger partial charge in [0.05, 0.1) is 34.7 Å². The van der Waals surface area contributed by atoms with Crippen LogP contribution in [0.5, 0.6) is 0 Å². The number of aromatic nitrogens is 3. The highest BCUT2D eigenvalue weighted by atomic mass is 35.5. The minimum Gasteiger partial charge on any atom is -0.389 e. The fourth-order valence-electron chi connectivity index (χ4n) is 3.55. The zero-order valence-corrected chi connectivity index (χ0v) is 20.6. The van der Waals surface area contributed by atoms with Gasteiger partial charge in [0.15, 0.2) is 5.69 Å². The largest absolute Gasteiger partial charge is 0.389 e. The lowest BCUT2D eigenvalue weighted by molar-refractivity contribution is 0.0608. The van der Waals surface area contributed by atoms with Gasteiger partial charge in [0.25, 0.3) is 11.8 Å². The van der Waals surface area contributed by atoms with Crippen molar-refractivity contribution in [2.45, 2.75) is 6.10 Å². The first-order valence-corrected chi connectivity index (χ1v) is 11.7. The molecule has 4 aromatic rings. The van der Waals surface area contributed by atoms with E-state index >= 15 is 0 Å². The van der Waals surface area contributed by atoms with Crippen molar-refractivity contribution < 1.29 is 19.4 Å². The number of hydrogen-bond donors (Lipinski definition) is 4. The number of carbonyl (C=O) groups is 2. The number of amides is 2. The molecule has 2 heterocycles. The fourth-order valence-corrected chi connectivity index (χ4v) is 3.76. The minimum absolute atomic E-state index is 0.0208.